The Hall–Kier alpha value is -3.03. The standard InChI is InChI=1S/C27H42F2N4O11/c1-14(25(40)41)32-24(39)18(11-15-6-8-16(43-2)9-7-15)33-23(38)17(30)5-3-4-10-31-13-26(28,29)27(42)22(37)21(36)20(35)19(12-34)44-27/h6-9,14,17-22,31,34-37,42H,3-5,10-13,30H2,1-2H3,(H,32,39)(H,33,38)(H,40,41)/t14-,17-,18-,19+,20-,21-,22+,27?/m0/s1. The van der Waals surface area contributed by atoms with Gasteiger partial charge in [0.1, 0.15) is 42.2 Å². The zero-order valence-corrected chi connectivity index (χ0v) is 24.4. The minimum atomic E-state index is -4.16. The molecule has 1 aromatic carbocycles. The van der Waals surface area contributed by atoms with Gasteiger partial charge >= 0.3 is 11.9 Å². The van der Waals surface area contributed by atoms with Crippen molar-refractivity contribution in [1.29, 1.82) is 0 Å². The number of alkyl halides is 2. The fourth-order valence-electron chi connectivity index (χ4n) is 4.43. The molecule has 1 fully saturated rings. The maximum absolute atomic E-state index is 14.8. The Bertz CT molecular complexity index is 1100. The van der Waals surface area contributed by atoms with E-state index in [0.717, 1.165) is 0 Å². The van der Waals surface area contributed by atoms with Crippen molar-refractivity contribution in [2.24, 2.45) is 5.73 Å². The SMILES string of the molecule is COc1ccc(C[C@H](NC(=O)[C@@H](N)CCCCNCC(F)(F)C2(O)O[C@H](CO)[C@H](O)[C@H](O)[C@H]2O)C(=O)N[C@@H](C)C(=O)O)cc1. The van der Waals surface area contributed by atoms with Gasteiger partial charge in [-0.05, 0) is 44.0 Å². The molecule has 1 aromatic rings. The first-order chi connectivity index (χ1) is 20.6. The van der Waals surface area contributed by atoms with Gasteiger partial charge in [-0.2, -0.15) is 8.78 Å². The predicted molar refractivity (Wildman–Crippen MR) is 148 cm³/mol. The number of benzene rings is 1. The lowest BCUT2D eigenvalue weighted by molar-refractivity contribution is -0.409. The van der Waals surface area contributed by atoms with E-state index in [1.807, 2.05) is 0 Å². The maximum Gasteiger partial charge on any atom is 0.325 e. The summed E-state index contributed by atoms with van der Waals surface area (Å²) in [7, 11) is 1.49. The van der Waals surface area contributed by atoms with Gasteiger partial charge in [0.15, 0.2) is 0 Å². The molecule has 0 radical (unpaired) electrons. The van der Waals surface area contributed by atoms with Crippen LogP contribution in [-0.4, -0.2) is 129 Å². The van der Waals surface area contributed by atoms with Crippen molar-refractivity contribution in [3.63, 3.8) is 0 Å². The van der Waals surface area contributed by atoms with E-state index < -0.39 is 85.2 Å². The summed E-state index contributed by atoms with van der Waals surface area (Å²) in [6.07, 6.45) is -7.80. The Balaban J connectivity index is 1.88. The first kappa shape index (κ1) is 37.2. The first-order valence-electron chi connectivity index (χ1n) is 13.9. The van der Waals surface area contributed by atoms with E-state index in [9.17, 15) is 48.7 Å². The van der Waals surface area contributed by atoms with Crippen LogP contribution >= 0.6 is 0 Å². The Morgan fingerprint density at radius 3 is 2.30 bits per heavy atom. The summed E-state index contributed by atoms with van der Waals surface area (Å²) in [5.41, 5.74) is 6.63. The molecule has 15 nitrogen and oxygen atoms in total. The molecule has 8 atom stereocenters. The molecule has 250 valence electrons. The molecule has 1 unspecified atom stereocenters. The normalized spacial score (nSPS) is 25.9. The number of aliphatic hydroxyl groups excluding tert-OH is 4. The van der Waals surface area contributed by atoms with E-state index in [1.165, 1.54) is 14.0 Å². The lowest BCUT2D eigenvalue weighted by atomic mass is 9.88. The number of aliphatic carboxylic acids is 1. The van der Waals surface area contributed by atoms with Crippen molar-refractivity contribution >= 4 is 17.8 Å². The zero-order chi connectivity index (χ0) is 33.2. The molecule has 0 aromatic heterocycles. The molecule has 44 heavy (non-hydrogen) atoms. The van der Waals surface area contributed by atoms with Crippen molar-refractivity contribution in [1.82, 2.24) is 16.0 Å². The predicted octanol–water partition coefficient (Wildman–Crippen LogP) is -2.80. The van der Waals surface area contributed by atoms with E-state index >= 15 is 0 Å². The second-order valence-corrected chi connectivity index (χ2v) is 10.6. The summed E-state index contributed by atoms with van der Waals surface area (Å²) in [5, 5.41) is 65.4. The summed E-state index contributed by atoms with van der Waals surface area (Å²) in [5.74, 6) is -9.87. The molecule has 1 aliphatic rings. The smallest absolute Gasteiger partial charge is 0.325 e. The number of halogens is 2. The van der Waals surface area contributed by atoms with E-state index in [1.54, 1.807) is 24.3 Å². The molecule has 17 heteroatoms. The highest BCUT2D eigenvalue weighted by molar-refractivity contribution is 5.91. The number of hydrogen-bond donors (Lipinski definition) is 10. The fraction of sp³-hybridized carbons (Fsp3) is 0.667. The van der Waals surface area contributed by atoms with Crippen molar-refractivity contribution < 1.29 is 63.3 Å². The molecule has 0 bridgehead atoms. The molecule has 0 saturated carbocycles. The van der Waals surface area contributed by atoms with Gasteiger partial charge in [-0.25, -0.2) is 0 Å². The molecule has 1 aliphatic heterocycles. The van der Waals surface area contributed by atoms with Crippen LogP contribution in [0.5, 0.6) is 5.75 Å². The second-order valence-electron chi connectivity index (χ2n) is 10.6. The van der Waals surface area contributed by atoms with Gasteiger partial charge in [-0.1, -0.05) is 18.6 Å². The number of aliphatic hydroxyl groups is 5. The van der Waals surface area contributed by atoms with Crippen LogP contribution in [0.1, 0.15) is 31.7 Å². The van der Waals surface area contributed by atoms with Gasteiger partial charge < -0.3 is 61.8 Å². The highest BCUT2D eigenvalue weighted by atomic mass is 19.3. The first-order valence-corrected chi connectivity index (χ1v) is 13.9. The number of rotatable bonds is 17. The Labute approximate surface area is 252 Å². The van der Waals surface area contributed by atoms with Crippen molar-refractivity contribution in [3.8, 4) is 5.75 Å². The Morgan fingerprint density at radius 2 is 1.73 bits per heavy atom. The molecule has 0 aliphatic carbocycles. The largest absolute Gasteiger partial charge is 0.497 e. The van der Waals surface area contributed by atoms with E-state index in [0.29, 0.717) is 11.3 Å². The third kappa shape index (κ3) is 9.48. The molecule has 1 heterocycles. The number of carboxylic acids is 1. The fourth-order valence-corrected chi connectivity index (χ4v) is 4.43. The quantitative estimate of drug-likeness (QED) is 0.0777. The van der Waals surface area contributed by atoms with Crippen LogP contribution in [0.3, 0.4) is 0 Å². The van der Waals surface area contributed by atoms with Crippen LogP contribution in [0.4, 0.5) is 8.78 Å². The number of nitrogens with one attached hydrogen (secondary N) is 3. The number of carboxylic acid groups (broad SMARTS) is 1. The summed E-state index contributed by atoms with van der Waals surface area (Å²) >= 11 is 0. The van der Waals surface area contributed by atoms with Crippen LogP contribution in [0.15, 0.2) is 24.3 Å². The monoisotopic (exact) mass is 636 g/mol. The van der Waals surface area contributed by atoms with Crippen LogP contribution < -0.4 is 26.4 Å². The lowest BCUT2D eigenvalue weighted by Crippen LogP contribution is -2.72. The minimum Gasteiger partial charge on any atom is -0.497 e. The van der Waals surface area contributed by atoms with Gasteiger partial charge in [0.2, 0.25) is 11.8 Å². The van der Waals surface area contributed by atoms with Crippen molar-refractivity contribution in [3.05, 3.63) is 29.8 Å². The van der Waals surface area contributed by atoms with Crippen LogP contribution in [0, 0.1) is 0 Å². The topological polar surface area (TPSA) is 253 Å². The third-order valence-electron chi connectivity index (χ3n) is 7.25. The zero-order valence-electron chi connectivity index (χ0n) is 24.4. The van der Waals surface area contributed by atoms with Gasteiger partial charge in [0.05, 0.1) is 26.3 Å². The molecule has 2 amide bonds. The van der Waals surface area contributed by atoms with Crippen LogP contribution in [-0.2, 0) is 25.5 Å². The maximum atomic E-state index is 14.8. The van der Waals surface area contributed by atoms with Gasteiger partial charge in [0, 0.05) is 6.42 Å². The van der Waals surface area contributed by atoms with Gasteiger partial charge in [-0.3, -0.25) is 14.4 Å². The van der Waals surface area contributed by atoms with Gasteiger partial charge in [0.25, 0.3) is 5.79 Å². The van der Waals surface area contributed by atoms with Crippen LogP contribution in [0.2, 0.25) is 0 Å². The minimum absolute atomic E-state index is 0.0263. The summed E-state index contributed by atoms with van der Waals surface area (Å²) in [4.78, 5) is 36.7. The molecule has 1 saturated heterocycles. The van der Waals surface area contributed by atoms with E-state index in [2.05, 4.69) is 20.7 Å². The van der Waals surface area contributed by atoms with E-state index in [-0.39, 0.29) is 32.2 Å². The van der Waals surface area contributed by atoms with Crippen molar-refractivity contribution in [2.75, 3.05) is 26.8 Å². The molecule has 0 spiro atoms. The van der Waals surface area contributed by atoms with E-state index in [4.69, 9.17) is 15.6 Å². The summed E-state index contributed by atoms with van der Waals surface area (Å²) in [6, 6.07) is 3.22. The van der Waals surface area contributed by atoms with Crippen LogP contribution in [0.25, 0.3) is 0 Å². The average molecular weight is 637 g/mol. The Morgan fingerprint density at radius 1 is 1.09 bits per heavy atom. The number of ether oxygens (including phenoxy) is 2. The number of unbranched alkanes of at least 4 members (excludes halogenated alkanes) is 1. The van der Waals surface area contributed by atoms with Crippen molar-refractivity contribution in [2.45, 2.75) is 86.9 Å². The average Bonchev–Trinajstić information content (AvgIpc) is 2.99. The molecular weight excluding hydrogens is 594 g/mol. The molecule has 2 rings (SSSR count). The molecular formula is C27H42F2N4O11. The number of nitrogens with two attached hydrogens (primary N) is 1. The summed E-state index contributed by atoms with van der Waals surface area (Å²) in [6.45, 7) is -0.976. The second kappa shape index (κ2) is 16.3. The number of amides is 2. The number of carbonyl (C=O) groups excluding carboxylic acids is 2. The lowest BCUT2D eigenvalue weighted by Gasteiger charge is -2.48. The summed E-state index contributed by atoms with van der Waals surface area (Å²) < 4.78 is 39.4. The highest BCUT2D eigenvalue weighted by Gasteiger charge is 2.65. The number of methoxy groups -OCH3 is 1. The number of carbonyl (C=O) groups is 3. The number of hydrogen-bond acceptors (Lipinski definition) is 12. The molecule has 11 N–H and O–H groups in total. The third-order valence-corrected chi connectivity index (χ3v) is 7.25. The Kier molecular flexibility index (Phi) is 13.8. The van der Waals surface area contributed by atoms with Gasteiger partial charge in [-0.15, -0.1) is 0 Å². The highest BCUT2D eigenvalue weighted by Crippen LogP contribution is 2.39.